The number of rotatable bonds is 5. The first-order valence-electron chi connectivity index (χ1n) is 12.6. The lowest BCUT2D eigenvalue weighted by Gasteiger charge is -2.22. The summed E-state index contributed by atoms with van der Waals surface area (Å²) in [5.74, 6) is -0.221. The molecule has 1 fully saturated rings. The molecule has 0 aromatic carbocycles. The van der Waals surface area contributed by atoms with Gasteiger partial charge in [0.1, 0.15) is 5.65 Å². The largest absolute Gasteiger partial charge is 0.346 e. The fraction of sp³-hybridized carbons (Fsp3) is 0.222. The predicted molar refractivity (Wildman–Crippen MR) is 144 cm³/mol. The Morgan fingerprint density at radius 3 is 2.74 bits per heavy atom. The van der Waals surface area contributed by atoms with Gasteiger partial charge in [-0.3, -0.25) is 14.2 Å². The number of fused-ring (bicyclic) bond motifs is 2. The molecule has 7 heterocycles. The Kier molecular flexibility index (Phi) is 5.29. The monoisotopic (exact) mass is 506 g/mol. The molecular weight excluding hydrogens is 480 g/mol. The Hall–Kier alpha value is -4.77. The average Bonchev–Trinajstić information content (AvgIpc) is 3.74. The van der Waals surface area contributed by atoms with Gasteiger partial charge >= 0.3 is 0 Å². The maximum Gasteiger partial charge on any atom is 0.257 e. The lowest BCUT2D eigenvalue weighted by Crippen LogP contribution is -2.29. The fourth-order valence-electron chi connectivity index (χ4n) is 5.17. The minimum absolute atomic E-state index is 0.221. The van der Waals surface area contributed by atoms with E-state index in [2.05, 4.69) is 42.0 Å². The van der Waals surface area contributed by atoms with Crippen LogP contribution in [0.15, 0.2) is 67.8 Å². The first-order chi connectivity index (χ1) is 18.6. The highest BCUT2D eigenvalue weighted by Crippen LogP contribution is 2.32. The van der Waals surface area contributed by atoms with Crippen LogP contribution in [0.1, 0.15) is 29.2 Å². The van der Waals surface area contributed by atoms with Gasteiger partial charge in [-0.2, -0.15) is 15.3 Å². The van der Waals surface area contributed by atoms with Crippen LogP contribution in [0.25, 0.3) is 38.8 Å². The summed E-state index contributed by atoms with van der Waals surface area (Å²) in [4.78, 5) is 20.9. The van der Waals surface area contributed by atoms with E-state index in [4.69, 9.17) is 0 Å². The highest BCUT2D eigenvalue weighted by molar-refractivity contribution is 6.07. The number of carbonyl (C=O) groups is 1. The molecule has 0 saturated carbocycles. The van der Waals surface area contributed by atoms with Crippen LogP contribution >= 0.6 is 0 Å². The number of hydrogen-bond donors (Lipinski definition) is 3. The van der Waals surface area contributed by atoms with Gasteiger partial charge in [0.2, 0.25) is 0 Å². The summed E-state index contributed by atoms with van der Waals surface area (Å²) in [7, 11) is 1.90. The number of nitrogens with zero attached hydrogens (tertiary/aromatic N) is 7. The van der Waals surface area contributed by atoms with Gasteiger partial charge in [0.15, 0.2) is 0 Å². The Labute approximate surface area is 217 Å². The van der Waals surface area contributed by atoms with E-state index in [1.165, 1.54) is 0 Å². The van der Waals surface area contributed by atoms with Crippen LogP contribution in [0.3, 0.4) is 0 Å². The van der Waals surface area contributed by atoms with Crippen molar-refractivity contribution in [2.75, 3.05) is 18.4 Å². The number of nitrogens with one attached hydrogen (secondary N) is 3. The number of aromatic nitrogens is 8. The normalized spacial score (nSPS) is 14.4. The molecule has 11 nitrogen and oxygen atoms in total. The third-order valence-electron chi connectivity index (χ3n) is 7.18. The Bertz CT molecular complexity index is 1780. The van der Waals surface area contributed by atoms with E-state index in [-0.39, 0.29) is 5.91 Å². The average molecular weight is 507 g/mol. The Morgan fingerprint density at radius 1 is 1.00 bits per heavy atom. The number of amides is 1. The molecule has 0 spiro atoms. The summed E-state index contributed by atoms with van der Waals surface area (Å²) in [6, 6.07) is 6.34. The summed E-state index contributed by atoms with van der Waals surface area (Å²) in [6.07, 6.45) is 16.8. The molecule has 190 valence electrons. The van der Waals surface area contributed by atoms with Gasteiger partial charge in [0.25, 0.3) is 5.91 Å². The van der Waals surface area contributed by atoms with Gasteiger partial charge in [0, 0.05) is 60.1 Å². The second-order valence-electron chi connectivity index (χ2n) is 9.67. The zero-order valence-electron chi connectivity index (χ0n) is 20.8. The molecule has 6 aromatic rings. The van der Waals surface area contributed by atoms with E-state index in [0.29, 0.717) is 17.3 Å². The van der Waals surface area contributed by atoms with Crippen LogP contribution in [0, 0.1) is 0 Å². The van der Waals surface area contributed by atoms with E-state index < -0.39 is 0 Å². The molecule has 1 amide bonds. The minimum Gasteiger partial charge on any atom is -0.346 e. The summed E-state index contributed by atoms with van der Waals surface area (Å²) in [5.41, 5.74) is 6.81. The topological polar surface area (TPSA) is 123 Å². The SMILES string of the molecule is Cn1cc(-c2cnn3ccc(-c4c[nH]c5ncc(C(=O)Nc6cnn(C7CCNCC7)c6)cc45)cc23)cn1. The van der Waals surface area contributed by atoms with Crippen LogP contribution in [0.4, 0.5) is 5.69 Å². The van der Waals surface area contributed by atoms with Crippen LogP contribution in [-0.2, 0) is 7.05 Å². The van der Waals surface area contributed by atoms with Gasteiger partial charge in [-0.15, -0.1) is 0 Å². The number of hydrogen-bond acceptors (Lipinski definition) is 6. The molecule has 1 aliphatic heterocycles. The fourth-order valence-corrected chi connectivity index (χ4v) is 5.17. The third kappa shape index (κ3) is 3.93. The van der Waals surface area contributed by atoms with Crippen molar-refractivity contribution < 1.29 is 4.79 Å². The molecule has 38 heavy (non-hydrogen) atoms. The van der Waals surface area contributed by atoms with Crippen LogP contribution in [0.2, 0.25) is 0 Å². The molecule has 0 unspecified atom stereocenters. The van der Waals surface area contributed by atoms with Gasteiger partial charge in [0.05, 0.1) is 41.4 Å². The van der Waals surface area contributed by atoms with Crippen molar-refractivity contribution in [3.63, 3.8) is 0 Å². The minimum atomic E-state index is -0.221. The molecule has 1 saturated heterocycles. The molecule has 1 aliphatic rings. The smallest absolute Gasteiger partial charge is 0.257 e. The summed E-state index contributed by atoms with van der Waals surface area (Å²) in [6.45, 7) is 1.96. The maximum atomic E-state index is 13.1. The van der Waals surface area contributed by atoms with E-state index >= 15 is 0 Å². The highest BCUT2D eigenvalue weighted by Gasteiger charge is 2.18. The van der Waals surface area contributed by atoms with Crippen LogP contribution < -0.4 is 10.6 Å². The van der Waals surface area contributed by atoms with E-state index in [9.17, 15) is 4.79 Å². The number of piperidine rings is 1. The zero-order valence-corrected chi connectivity index (χ0v) is 20.8. The van der Waals surface area contributed by atoms with Crippen molar-refractivity contribution >= 4 is 28.1 Å². The molecular formula is C27H26N10O. The van der Waals surface area contributed by atoms with Gasteiger partial charge < -0.3 is 15.6 Å². The number of H-pyrrole nitrogens is 1. The van der Waals surface area contributed by atoms with E-state index in [1.807, 2.05) is 65.6 Å². The molecule has 7 rings (SSSR count). The van der Waals surface area contributed by atoms with Crippen molar-refractivity contribution in [2.45, 2.75) is 18.9 Å². The standard InChI is InChI=1S/C27H26N10O/c1-35-15-19(11-31-35)24-14-33-36-7-4-17(9-25(24)36)23-13-30-26-22(23)8-18(10-29-26)27(38)34-20-12-32-37(16-20)21-2-5-28-6-3-21/h4,7-16,21,28H,2-3,5-6H2,1H3,(H,29,30)(H,34,38). The Balaban J connectivity index is 1.19. The van der Waals surface area contributed by atoms with E-state index in [1.54, 1.807) is 17.1 Å². The first-order valence-corrected chi connectivity index (χ1v) is 12.6. The first kappa shape index (κ1) is 22.4. The number of aryl methyl sites for hydroxylation is 1. The molecule has 0 atom stereocenters. The van der Waals surface area contributed by atoms with Crippen molar-refractivity contribution in [1.82, 2.24) is 44.5 Å². The molecule has 0 aliphatic carbocycles. The second kappa shape index (κ2) is 8.96. The number of anilines is 1. The number of pyridine rings is 2. The van der Waals surface area contributed by atoms with Gasteiger partial charge in [-0.1, -0.05) is 0 Å². The molecule has 3 N–H and O–H groups in total. The molecule has 6 aromatic heterocycles. The lowest BCUT2D eigenvalue weighted by atomic mass is 10.0. The van der Waals surface area contributed by atoms with E-state index in [0.717, 1.165) is 64.7 Å². The zero-order chi connectivity index (χ0) is 25.6. The van der Waals surface area contributed by atoms with Crippen LogP contribution in [0.5, 0.6) is 0 Å². The summed E-state index contributed by atoms with van der Waals surface area (Å²) in [5, 5.41) is 20.5. The summed E-state index contributed by atoms with van der Waals surface area (Å²) < 4.78 is 5.58. The Morgan fingerprint density at radius 2 is 1.89 bits per heavy atom. The molecule has 11 heteroatoms. The molecule has 0 bridgehead atoms. The van der Waals surface area contributed by atoms with Crippen molar-refractivity contribution in [2.24, 2.45) is 7.05 Å². The summed E-state index contributed by atoms with van der Waals surface area (Å²) >= 11 is 0. The molecule has 0 radical (unpaired) electrons. The quantitative estimate of drug-likeness (QED) is 0.328. The maximum absolute atomic E-state index is 13.1. The predicted octanol–water partition coefficient (Wildman–Crippen LogP) is 3.65. The second-order valence-corrected chi connectivity index (χ2v) is 9.67. The van der Waals surface area contributed by atoms with Crippen molar-refractivity contribution in [1.29, 1.82) is 0 Å². The van der Waals surface area contributed by atoms with Crippen LogP contribution in [-0.4, -0.2) is 58.1 Å². The lowest BCUT2D eigenvalue weighted by molar-refractivity contribution is 0.102. The highest BCUT2D eigenvalue weighted by atomic mass is 16.1. The number of aromatic amines is 1. The number of carbonyl (C=O) groups excluding carboxylic acids is 1. The van der Waals surface area contributed by atoms with Gasteiger partial charge in [-0.25, -0.2) is 9.50 Å². The third-order valence-corrected chi connectivity index (χ3v) is 7.18. The van der Waals surface area contributed by atoms with Crippen molar-refractivity contribution in [3.8, 4) is 22.3 Å². The van der Waals surface area contributed by atoms with Crippen molar-refractivity contribution in [3.05, 3.63) is 73.3 Å². The van der Waals surface area contributed by atoms with Gasteiger partial charge in [-0.05, 0) is 49.7 Å².